The molecule has 4 rings (SSSR count). The first-order valence-corrected chi connectivity index (χ1v) is 11.0. The second kappa shape index (κ2) is 9.56. The Morgan fingerprint density at radius 2 is 1.70 bits per heavy atom. The molecule has 1 aliphatic carbocycles. The van der Waals surface area contributed by atoms with Crippen molar-refractivity contribution < 1.29 is 14.3 Å². The van der Waals surface area contributed by atoms with Gasteiger partial charge in [0.15, 0.2) is 6.61 Å². The highest BCUT2D eigenvalue weighted by Gasteiger charge is 2.42. The van der Waals surface area contributed by atoms with Gasteiger partial charge in [0.05, 0.1) is 0 Å². The van der Waals surface area contributed by atoms with Gasteiger partial charge in [-0.25, -0.2) is 0 Å². The molecule has 2 saturated heterocycles. The molecule has 7 heteroatoms. The van der Waals surface area contributed by atoms with E-state index in [0.717, 1.165) is 63.0 Å². The number of amides is 2. The molecule has 6 nitrogen and oxygen atoms in total. The van der Waals surface area contributed by atoms with Gasteiger partial charge in [-0.05, 0) is 81.0 Å². The molecule has 2 aliphatic heterocycles. The number of rotatable bonds is 4. The Bertz CT molecular complexity index is 771. The van der Waals surface area contributed by atoms with E-state index in [1.54, 1.807) is 0 Å². The highest BCUT2D eigenvalue weighted by atomic mass is 35.5. The minimum atomic E-state index is 0. The number of piperidine rings is 1. The van der Waals surface area contributed by atoms with Crippen LogP contribution in [0.25, 0.3) is 0 Å². The van der Waals surface area contributed by atoms with Gasteiger partial charge < -0.3 is 20.3 Å². The molecule has 1 saturated carbocycles. The van der Waals surface area contributed by atoms with Gasteiger partial charge in [-0.1, -0.05) is 0 Å². The summed E-state index contributed by atoms with van der Waals surface area (Å²) in [4.78, 5) is 29.3. The maximum Gasteiger partial charge on any atom is 0.260 e. The zero-order valence-corrected chi connectivity index (χ0v) is 18.9. The normalized spacial score (nSPS) is 25.6. The average molecular weight is 436 g/mol. The number of likely N-dealkylation sites (tertiary alicyclic amines) is 2. The fourth-order valence-electron chi connectivity index (χ4n) is 5.33. The molecule has 0 radical (unpaired) electrons. The van der Waals surface area contributed by atoms with Gasteiger partial charge in [-0.2, -0.15) is 0 Å². The number of hydrogen-bond acceptors (Lipinski definition) is 4. The SMILES string of the molecule is Cc1cc(C(=O)N2CC3CCC(N)C3C2)cc(C)c1OCC(=O)N1CCCCC1.Cl. The molecule has 3 atom stereocenters. The molecule has 0 aromatic heterocycles. The smallest absolute Gasteiger partial charge is 0.260 e. The van der Waals surface area contributed by atoms with Crippen molar-refractivity contribution in [2.75, 3.05) is 32.8 Å². The Morgan fingerprint density at radius 1 is 1.03 bits per heavy atom. The monoisotopic (exact) mass is 435 g/mol. The number of carbonyl (C=O) groups excluding carboxylic acids is 2. The van der Waals surface area contributed by atoms with E-state index in [2.05, 4.69) is 0 Å². The summed E-state index contributed by atoms with van der Waals surface area (Å²) in [6, 6.07) is 4.02. The number of nitrogens with zero attached hydrogens (tertiary/aromatic N) is 2. The molecular weight excluding hydrogens is 402 g/mol. The molecule has 2 N–H and O–H groups in total. The summed E-state index contributed by atoms with van der Waals surface area (Å²) >= 11 is 0. The molecule has 166 valence electrons. The zero-order valence-electron chi connectivity index (χ0n) is 18.1. The van der Waals surface area contributed by atoms with Gasteiger partial charge in [0.1, 0.15) is 5.75 Å². The minimum absolute atomic E-state index is 0. The number of fused-ring (bicyclic) bond motifs is 1. The molecule has 0 bridgehead atoms. The van der Waals surface area contributed by atoms with Crippen molar-refractivity contribution in [3.05, 3.63) is 28.8 Å². The Kier molecular flexibility index (Phi) is 7.30. The molecule has 3 fully saturated rings. The predicted octanol–water partition coefficient (Wildman–Crippen LogP) is 2.93. The lowest BCUT2D eigenvalue weighted by Gasteiger charge is -2.27. The van der Waals surface area contributed by atoms with Crippen LogP contribution < -0.4 is 10.5 Å². The van der Waals surface area contributed by atoms with E-state index in [0.29, 0.717) is 23.1 Å². The van der Waals surface area contributed by atoms with Crippen molar-refractivity contribution in [1.82, 2.24) is 9.80 Å². The highest BCUT2D eigenvalue weighted by Crippen LogP contribution is 2.38. The van der Waals surface area contributed by atoms with Crippen LogP contribution in [0.2, 0.25) is 0 Å². The summed E-state index contributed by atoms with van der Waals surface area (Å²) in [5, 5.41) is 0. The molecule has 1 aromatic carbocycles. The van der Waals surface area contributed by atoms with Crippen LogP contribution in [0.4, 0.5) is 0 Å². The number of hydrogen-bond donors (Lipinski definition) is 1. The fourth-order valence-corrected chi connectivity index (χ4v) is 5.33. The van der Waals surface area contributed by atoms with E-state index in [4.69, 9.17) is 10.5 Å². The number of carbonyl (C=O) groups is 2. The molecule has 30 heavy (non-hydrogen) atoms. The first-order valence-electron chi connectivity index (χ1n) is 11.0. The van der Waals surface area contributed by atoms with Crippen LogP contribution in [-0.4, -0.2) is 60.4 Å². The van der Waals surface area contributed by atoms with Gasteiger partial charge in [0, 0.05) is 37.8 Å². The van der Waals surface area contributed by atoms with Crippen LogP contribution in [0.3, 0.4) is 0 Å². The summed E-state index contributed by atoms with van der Waals surface area (Å²) in [5.41, 5.74) is 8.71. The molecule has 0 spiro atoms. The van der Waals surface area contributed by atoms with E-state index in [-0.39, 0.29) is 36.9 Å². The fraction of sp³-hybridized carbons (Fsp3) is 0.652. The quantitative estimate of drug-likeness (QED) is 0.788. The van der Waals surface area contributed by atoms with E-state index in [1.807, 2.05) is 35.8 Å². The van der Waals surface area contributed by atoms with Crippen molar-refractivity contribution in [2.24, 2.45) is 17.6 Å². The van der Waals surface area contributed by atoms with Crippen LogP contribution in [0.15, 0.2) is 12.1 Å². The Labute approximate surface area is 185 Å². The van der Waals surface area contributed by atoms with Crippen molar-refractivity contribution in [2.45, 2.75) is 52.0 Å². The predicted molar refractivity (Wildman–Crippen MR) is 119 cm³/mol. The lowest BCUT2D eigenvalue weighted by atomic mass is 9.98. The van der Waals surface area contributed by atoms with Crippen molar-refractivity contribution >= 4 is 24.2 Å². The van der Waals surface area contributed by atoms with Gasteiger partial charge in [0.25, 0.3) is 11.8 Å². The van der Waals surface area contributed by atoms with E-state index in [1.165, 1.54) is 6.42 Å². The van der Waals surface area contributed by atoms with Crippen LogP contribution in [0.1, 0.15) is 53.6 Å². The third-order valence-electron chi connectivity index (χ3n) is 6.96. The summed E-state index contributed by atoms with van der Waals surface area (Å²) in [7, 11) is 0. The number of benzene rings is 1. The van der Waals surface area contributed by atoms with Crippen LogP contribution >= 0.6 is 12.4 Å². The summed E-state index contributed by atoms with van der Waals surface area (Å²) in [6.45, 7) is 7.19. The molecule has 2 amide bonds. The van der Waals surface area contributed by atoms with Crippen LogP contribution in [0.5, 0.6) is 5.75 Å². The largest absolute Gasteiger partial charge is 0.483 e. The third-order valence-corrected chi connectivity index (χ3v) is 6.96. The van der Waals surface area contributed by atoms with Crippen molar-refractivity contribution in [3.8, 4) is 5.75 Å². The standard InChI is InChI=1S/C23H33N3O3.ClH/c1-15-10-18(23(28)26-12-17-6-7-20(24)19(17)13-26)11-16(2)22(15)29-14-21(27)25-8-4-3-5-9-25;/h10-11,17,19-20H,3-9,12-14,24H2,1-2H3;1H. The summed E-state index contributed by atoms with van der Waals surface area (Å²) in [5.74, 6) is 1.84. The Hall–Kier alpha value is -1.79. The van der Waals surface area contributed by atoms with Crippen molar-refractivity contribution in [1.29, 1.82) is 0 Å². The second-order valence-corrected chi connectivity index (χ2v) is 9.04. The lowest BCUT2D eigenvalue weighted by Crippen LogP contribution is -2.38. The molecule has 2 heterocycles. The van der Waals surface area contributed by atoms with E-state index < -0.39 is 0 Å². The lowest BCUT2D eigenvalue weighted by molar-refractivity contribution is -0.134. The van der Waals surface area contributed by atoms with Gasteiger partial charge in [-0.3, -0.25) is 9.59 Å². The van der Waals surface area contributed by atoms with Gasteiger partial charge in [-0.15, -0.1) is 12.4 Å². The number of ether oxygens (including phenoxy) is 1. The summed E-state index contributed by atoms with van der Waals surface area (Å²) < 4.78 is 5.88. The first-order chi connectivity index (χ1) is 13.9. The van der Waals surface area contributed by atoms with E-state index in [9.17, 15) is 9.59 Å². The minimum Gasteiger partial charge on any atom is -0.483 e. The van der Waals surface area contributed by atoms with Crippen LogP contribution in [0, 0.1) is 25.7 Å². The van der Waals surface area contributed by atoms with Crippen molar-refractivity contribution in [3.63, 3.8) is 0 Å². The third kappa shape index (κ3) is 4.59. The first kappa shape index (κ1) is 22.9. The van der Waals surface area contributed by atoms with E-state index >= 15 is 0 Å². The summed E-state index contributed by atoms with van der Waals surface area (Å²) in [6.07, 6.45) is 5.56. The highest BCUT2D eigenvalue weighted by molar-refractivity contribution is 5.95. The number of nitrogens with two attached hydrogens (primary N) is 1. The van der Waals surface area contributed by atoms with Crippen LogP contribution in [-0.2, 0) is 4.79 Å². The second-order valence-electron chi connectivity index (χ2n) is 9.04. The topological polar surface area (TPSA) is 75.9 Å². The maximum atomic E-state index is 13.1. The molecule has 1 aromatic rings. The Balaban J connectivity index is 0.00000256. The van der Waals surface area contributed by atoms with Gasteiger partial charge in [0.2, 0.25) is 0 Å². The zero-order chi connectivity index (χ0) is 20.5. The Morgan fingerprint density at radius 3 is 2.33 bits per heavy atom. The molecule has 3 unspecified atom stereocenters. The number of halogens is 1. The number of aryl methyl sites for hydroxylation is 2. The molecule has 3 aliphatic rings. The maximum absolute atomic E-state index is 13.1. The van der Waals surface area contributed by atoms with Gasteiger partial charge >= 0.3 is 0 Å². The average Bonchev–Trinajstić information content (AvgIpc) is 3.29. The molecular formula is C23H34ClN3O3.